The van der Waals surface area contributed by atoms with Gasteiger partial charge in [-0.25, -0.2) is 0 Å². The lowest BCUT2D eigenvalue weighted by molar-refractivity contribution is -0.127. The maximum absolute atomic E-state index is 12.3. The molecular formula is C19H17N3O4. The Hall–Kier alpha value is -3.48. The number of nitrogens with one attached hydrogen (secondary N) is 1. The minimum absolute atomic E-state index is 0.0710. The molecule has 7 nitrogen and oxygen atoms in total. The molecule has 0 fully saturated rings. The van der Waals surface area contributed by atoms with Crippen LogP contribution < -0.4 is 11.1 Å². The van der Waals surface area contributed by atoms with E-state index in [0.717, 1.165) is 4.90 Å². The van der Waals surface area contributed by atoms with Crippen LogP contribution in [0.2, 0.25) is 0 Å². The number of carbonyl (C=O) groups is 4. The standard InChI is InChI=1S/C19H17N3O4/c20-17(24)16(12-6-2-1-3-7-12)21-15(23)10-11-22-18(25)13-8-4-5-9-14(13)19(22)26/h1-9,16H,10-11H2,(H2,20,24)(H,21,23). The Morgan fingerprint density at radius 3 is 2.00 bits per heavy atom. The van der Waals surface area contributed by atoms with Crippen molar-refractivity contribution in [2.24, 2.45) is 5.73 Å². The first-order valence-corrected chi connectivity index (χ1v) is 8.08. The molecule has 3 rings (SSSR count). The predicted molar refractivity (Wildman–Crippen MR) is 92.9 cm³/mol. The molecule has 1 atom stereocenters. The van der Waals surface area contributed by atoms with Crippen molar-refractivity contribution in [1.82, 2.24) is 10.2 Å². The maximum atomic E-state index is 12.3. The van der Waals surface area contributed by atoms with E-state index in [4.69, 9.17) is 5.73 Å². The van der Waals surface area contributed by atoms with Gasteiger partial charge in [-0.2, -0.15) is 0 Å². The van der Waals surface area contributed by atoms with Crippen LogP contribution in [-0.4, -0.2) is 35.1 Å². The molecule has 3 N–H and O–H groups in total. The van der Waals surface area contributed by atoms with Crippen molar-refractivity contribution in [3.05, 3.63) is 71.3 Å². The average molecular weight is 351 g/mol. The van der Waals surface area contributed by atoms with Gasteiger partial charge in [-0.05, 0) is 17.7 Å². The summed E-state index contributed by atoms with van der Waals surface area (Å²) in [7, 11) is 0. The quantitative estimate of drug-likeness (QED) is 0.757. The number of amides is 4. The predicted octanol–water partition coefficient (Wildman–Crippen LogP) is 1.02. The van der Waals surface area contributed by atoms with Gasteiger partial charge < -0.3 is 11.1 Å². The summed E-state index contributed by atoms with van der Waals surface area (Å²) >= 11 is 0. The minimum atomic E-state index is -0.967. The van der Waals surface area contributed by atoms with Crippen LogP contribution in [0.1, 0.15) is 38.7 Å². The number of nitrogens with two attached hydrogens (primary N) is 1. The molecule has 132 valence electrons. The second-order valence-corrected chi connectivity index (χ2v) is 5.87. The molecule has 0 radical (unpaired) electrons. The average Bonchev–Trinajstić information content (AvgIpc) is 2.89. The van der Waals surface area contributed by atoms with Crippen molar-refractivity contribution in [3.63, 3.8) is 0 Å². The van der Waals surface area contributed by atoms with Crippen molar-refractivity contribution in [2.75, 3.05) is 6.54 Å². The van der Waals surface area contributed by atoms with Crippen molar-refractivity contribution in [2.45, 2.75) is 12.5 Å². The summed E-state index contributed by atoms with van der Waals surface area (Å²) in [6, 6.07) is 14.2. The van der Waals surface area contributed by atoms with Crippen LogP contribution in [0, 0.1) is 0 Å². The fraction of sp³-hybridized carbons (Fsp3) is 0.158. The number of rotatable bonds is 6. The van der Waals surface area contributed by atoms with Crippen LogP contribution >= 0.6 is 0 Å². The minimum Gasteiger partial charge on any atom is -0.368 e. The fourth-order valence-corrected chi connectivity index (χ4v) is 2.85. The van der Waals surface area contributed by atoms with E-state index in [1.165, 1.54) is 0 Å². The smallest absolute Gasteiger partial charge is 0.261 e. The van der Waals surface area contributed by atoms with Gasteiger partial charge in [-0.3, -0.25) is 24.1 Å². The SMILES string of the molecule is NC(=O)C(NC(=O)CCN1C(=O)c2ccccc2C1=O)c1ccccc1. The van der Waals surface area contributed by atoms with Gasteiger partial charge in [0.15, 0.2) is 0 Å². The van der Waals surface area contributed by atoms with Gasteiger partial charge in [0.05, 0.1) is 11.1 Å². The van der Waals surface area contributed by atoms with Crippen molar-refractivity contribution < 1.29 is 19.2 Å². The Kier molecular flexibility index (Phi) is 4.79. The first-order valence-electron chi connectivity index (χ1n) is 8.08. The zero-order chi connectivity index (χ0) is 18.7. The van der Waals surface area contributed by atoms with Gasteiger partial charge in [0, 0.05) is 13.0 Å². The molecule has 1 aliphatic rings. The normalized spacial score (nSPS) is 14.1. The van der Waals surface area contributed by atoms with E-state index < -0.39 is 29.7 Å². The Morgan fingerprint density at radius 1 is 0.923 bits per heavy atom. The molecule has 2 aromatic rings. The Bertz CT molecular complexity index is 844. The summed E-state index contributed by atoms with van der Waals surface area (Å²) in [5, 5.41) is 2.54. The number of nitrogens with zero attached hydrogens (tertiary/aromatic N) is 1. The van der Waals surface area contributed by atoms with Crippen LogP contribution in [0.25, 0.3) is 0 Å². The van der Waals surface area contributed by atoms with E-state index in [1.54, 1.807) is 54.6 Å². The lowest BCUT2D eigenvalue weighted by Crippen LogP contribution is -2.39. The van der Waals surface area contributed by atoms with Crippen molar-refractivity contribution in [3.8, 4) is 0 Å². The molecule has 0 bridgehead atoms. The second kappa shape index (κ2) is 7.18. The zero-order valence-corrected chi connectivity index (χ0v) is 13.8. The van der Waals surface area contributed by atoms with Gasteiger partial charge in [0.25, 0.3) is 11.8 Å². The van der Waals surface area contributed by atoms with Gasteiger partial charge >= 0.3 is 0 Å². The molecule has 26 heavy (non-hydrogen) atoms. The van der Waals surface area contributed by atoms with Gasteiger partial charge in [-0.15, -0.1) is 0 Å². The number of imide groups is 1. The monoisotopic (exact) mass is 351 g/mol. The van der Waals surface area contributed by atoms with Gasteiger partial charge in [0.1, 0.15) is 6.04 Å². The van der Waals surface area contributed by atoms with E-state index in [0.29, 0.717) is 16.7 Å². The van der Waals surface area contributed by atoms with Gasteiger partial charge in [-0.1, -0.05) is 42.5 Å². The number of benzene rings is 2. The van der Waals surface area contributed by atoms with Crippen LogP contribution in [0.5, 0.6) is 0 Å². The highest BCUT2D eigenvalue weighted by atomic mass is 16.2. The fourth-order valence-electron chi connectivity index (χ4n) is 2.85. The van der Waals surface area contributed by atoms with Crippen LogP contribution in [0.3, 0.4) is 0 Å². The highest BCUT2D eigenvalue weighted by Crippen LogP contribution is 2.22. The number of primary amides is 1. The molecule has 1 heterocycles. The maximum Gasteiger partial charge on any atom is 0.261 e. The lowest BCUT2D eigenvalue weighted by Gasteiger charge is -2.17. The summed E-state index contributed by atoms with van der Waals surface area (Å²) in [4.78, 5) is 49.4. The molecule has 2 aromatic carbocycles. The van der Waals surface area contributed by atoms with Crippen molar-refractivity contribution >= 4 is 23.6 Å². The number of carbonyl (C=O) groups excluding carboxylic acids is 4. The summed E-state index contributed by atoms with van der Waals surface area (Å²) in [6.07, 6.45) is -0.123. The van der Waals surface area contributed by atoms with Gasteiger partial charge in [0.2, 0.25) is 11.8 Å². The summed E-state index contributed by atoms with van der Waals surface area (Å²) < 4.78 is 0. The highest BCUT2D eigenvalue weighted by Gasteiger charge is 2.35. The molecule has 0 spiro atoms. The Labute approximate surface area is 149 Å². The molecule has 4 amide bonds. The molecule has 0 aliphatic carbocycles. The largest absolute Gasteiger partial charge is 0.368 e. The second-order valence-electron chi connectivity index (χ2n) is 5.87. The summed E-state index contributed by atoms with van der Waals surface area (Å²) in [6.45, 7) is -0.0710. The zero-order valence-electron chi connectivity index (χ0n) is 13.8. The summed E-state index contributed by atoms with van der Waals surface area (Å²) in [5.74, 6) is -2.01. The molecular weight excluding hydrogens is 334 g/mol. The van der Waals surface area contributed by atoms with E-state index in [1.807, 2.05) is 0 Å². The van der Waals surface area contributed by atoms with Crippen LogP contribution in [0.4, 0.5) is 0 Å². The van der Waals surface area contributed by atoms with E-state index in [9.17, 15) is 19.2 Å². The van der Waals surface area contributed by atoms with E-state index >= 15 is 0 Å². The Balaban J connectivity index is 1.63. The molecule has 0 aromatic heterocycles. The molecule has 0 saturated carbocycles. The summed E-state index contributed by atoms with van der Waals surface area (Å²) in [5.41, 5.74) is 6.59. The molecule has 0 saturated heterocycles. The molecule has 7 heteroatoms. The lowest BCUT2D eigenvalue weighted by atomic mass is 10.1. The van der Waals surface area contributed by atoms with Crippen LogP contribution in [-0.2, 0) is 9.59 Å². The topological polar surface area (TPSA) is 110 Å². The third-order valence-corrected chi connectivity index (χ3v) is 4.16. The van der Waals surface area contributed by atoms with Crippen LogP contribution in [0.15, 0.2) is 54.6 Å². The first kappa shape index (κ1) is 17.3. The van der Waals surface area contributed by atoms with E-state index in [-0.39, 0.29) is 13.0 Å². The number of hydrogen-bond donors (Lipinski definition) is 2. The number of hydrogen-bond acceptors (Lipinski definition) is 4. The van der Waals surface area contributed by atoms with Crippen molar-refractivity contribution in [1.29, 1.82) is 0 Å². The molecule has 1 aliphatic heterocycles. The molecule has 1 unspecified atom stereocenters. The third kappa shape index (κ3) is 3.32. The van der Waals surface area contributed by atoms with E-state index in [2.05, 4.69) is 5.32 Å². The third-order valence-electron chi connectivity index (χ3n) is 4.16. The highest BCUT2D eigenvalue weighted by molar-refractivity contribution is 6.21. The Morgan fingerprint density at radius 2 is 1.46 bits per heavy atom. The first-order chi connectivity index (χ1) is 12.5. The number of fused-ring (bicyclic) bond motifs is 1.